The molecule has 0 bridgehead atoms. The summed E-state index contributed by atoms with van der Waals surface area (Å²) in [5, 5.41) is 0. The molecule has 0 N–H and O–H groups in total. The van der Waals surface area contributed by atoms with Crippen LogP contribution in [0.5, 0.6) is 0 Å². The minimum Gasteiger partial charge on any atom is -0.356 e. The Morgan fingerprint density at radius 2 is 1.84 bits per heavy atom. The van der Waals surface area contributed by atoms with Crippen LogP contribution in [0.1, 0.15) is 21.5 Å². The quantitative estimate of drug-likeness (QED) is 0.831. The molecule has 134 valence electrons. The van der Waals surface area contributed by atoms with Gasteiger partial charge in [-0.2, -0.15) is 4.31 Å². The molecular weight excluding hydrogens is 338 g/mol. The summed E-state index contributed by atoms with van der Waals surface area (Å²) in [6.07, 6.45) is 3.61. The second kappa shape index (κ2) is 7.01. The van der Waals surface area contributed by atoms with Crippen LogP contribution >= 0.6 is 0 Å². The molecule has 6 nitrogen and oxygen atoms in total. The van der Waals surface area contributed by atoms with Crippen molar-refractivity contribution in [3.05, 3.63) is 59.4 Å². The van der Waals surface area contributed by atoms with Crippen LogP contribution < -0.4 is 0 Å². The van der Waals surface area contributed by atoms with Gasteiger partial charge in [0.05, 0.1) is 11.3 Å². The first-order valence-corrected chi connectivity index (χ1v) is 9.91. The molecule has 0 aliphatic carbocycles. The third-order valence-corrected chi connectivity index (χ3v) is 6.28. The number of aromatic nitrogens is 1. The number of sulfonamides is 1. The molecule has 0 saturated carbocycles. The number of nitrogens with zero attached hydrogens (tertiary/aromatic N) is 3. The fourth-order valence-corrected chi connectivity index (χ4v) is 4.59. The van der Waals surface area contributed by atoms with Crippen LogP contribution in [0.3, 0.4) is 0 Å². The molecule has 0 spiro atoms. The van der Waals surface area contributed by atoms with E-state index in [1.165, 1.54) is 4.31 Å². The van der Waals surface area contributed by atoms with E-state index in [-0.39, 0.29) is 11.7 Å². The molecule has 1 aliphatic rings. The Balaban J connectivity index is 1.62. The molecule has 2 aromatic rings. The number of carbonyl (C=O) groups excluding carboxylic acids is 1. The van der Waals surface area contributed by atoms with Crippen LogP contribution in [0, 0.1) is 6.92 Å². The van der Waals surface area contributed by atoms with Crippen LogP contribution in [0.4, 0.5) is 0 Å². The summed E-state index contributed by atoms with van der Waals surface area (Å²) in [6, 6.07) is 9.33. The summed E-state index contributed by atoms with van der Waals surface area (Å²) < 4.78 is 28.6. The minimum atomic E-state index is -3.37. The summed E-state index contributed by atoms with van der Waals surface area (Å²) in [4.78, 5) is 14.2. The van der Waals surface area contributed by atoms with Crippen molar-refractivity contribution < 1.29 is 13.2 Å². The average molecular weight is 361 g/mol. The van der Waals surface area contributed by atoms with Gasteiger partial charge in [0.25, 0.3) is 5.91 Å². The van der Waals surface area contributed by atoms with Crippen molar-refractivity contribution >= 4 is 15.9 Å². The van der Waals surface area contributed by atoms with Gasteiger partial charge < -0.3 is 9.47 Å². The largest absolute Gasteiger partial charge is 0.356 e. The van der Waals surface area contributed by atoms with Crippen molar-refractivity contribution in [1.29, 1.82) is 0 Å². The first-order chi connectivity index (χ1) is 11.8. The number of carbonyl (C=O) groups is 1. The Morgan fingerprint density at radius 1 is 1.12 bits per heavy atom. The highest BCUT2D eigenvalue weighted by molar-refractivity contribution is 7.88. The SMILES string of the molecule is Cc1cccc(CS(=O)(=O)N2CCN(C(=O)c3ccn(C)c3)CC2)c1. The molecule has 2 heterocycles. The maximum absolute atomic E-state index is 12.6. The molecule has 1 aliphatic heterocycles. The normalized spacial score (nSPS) is 16.2. The van der Waals surface area contributed by atoms with E-state index in [2.05, 4.69) is 0 Å². The zero-order valence-corrected chi connectivity index (χ0v) is 15.4. The smallest absolute Gasteiger partial charge is 0.255 e. The Morgan fingerprint density at radius 3 is 2.44 bits per heavy atom. The molecular formula is C18H23N3O3S. The molecule has 7 heteroatoms. The molecule has 1 aromatic heterocycles. The van der Waals surface area contributed by atoms with E-state index in [9.17, 15) is 13.2 Å². The molecule has 0 radical (unpaired) electrons. The fraction of sp³-hybridized carbons (Fsp3) is 0.389. The van der Waals surface area contributed by atoms with Gasteiger partial charge >= 0.3 is 0 Å². The van der Waals surface area contributed by atoms with Crippen LogP contribution in [0.15, 0.2) is 42.7 Å². The van der Waals surface area contributed by atoms with Gasteiger partial charge in [-0.3, -0.25) is 4.79 Å². The second-order valence-electron chi connectivity index (χ2n) is 6.50. The van der Waals surface area contributed by atoms with Gasteiger partial charge in [-0.1, -0.05) is 29.8 Å². The summed E-state index contributed by atoms with van der Waals surface area (Å²) in [5.41, 5.74) is 2.48. The van der Waals surface area contributed by atoms with Crippen molar-refractivity contribution in [2.45, 2.75) is 12.7 Å². The van der Waals surface area contributed by atoms with Crippen LogP contribution in [0.2, 0.25) is 0 Å². The molecule has 25 heavy (non-hydrogen) atoms. The first kappa shape index (κ1) is 17.7. The van der Waals surface area contributed by atoms with Gasteiger partial charge in [0, 0.05) is 45.6 Å². The Labute approximate surface area is 148 Å². The van der Waals surface area contributed by atoms with Crippen molar-refractivity contribution in [2.75, 3.05) is 26.2 Å². The van der Waals surface area contributed by atoms with Gasteiger partial charge in [-0.15, -0.1) is 0 Å². The molecule has 1 aromatic carbocycles. The third-order valence-electron chi connectivity index (χ3n) is 4.43. The van der Waals surface area contributed by atoms with Gasteiger partial charge in [-0.05, 0) is 18.6 Å². The lowest BCUT2D eigenvalue weighted by atomic mass is 10.2. The molecule has 1 amide bonds. The predicted molar refractivity (Wildman–Crippen MR) is 96.7 cm³/mol. The lowest BCUT2D eigenvalue weighted by molar-refractivity contribution is 0.0698. The van der Waals surface area contributed by atoms with Crippen molar-refractivity contribution in [2.24, 2.45) is 7.05 Å². The van der Waals surface area contributed by atoms with Crippen LogP contribution in [-0.4, -0.2) is 54.3 Å². The topological polar surface area (TPSA) is 62.6 Å². The molecule has 0 atom stereocenters. The van der Waals surface area contributed by atoms with E-state index in [1.54, 1.807) is 17.2 Å². The van der Waals surface area contributed by atoms with Crippen LogP contribution in [0.25, 0.3) is 0 Å². The maximum atomic E-state index is 12.6. The molecule has 3 rings (SSSR count). The number of aryl methyl sites for hydroxylation is 2. The van der Waals surface area contributed by atoms with Gasteiger partial charge in [0.2, 0.25) is 10.0 Å². The minimum absolute atomic E-state index is 0.00130. The van der Waals surface area contributed by atoms with Crippen molar-refractivity contribution in [3.8, 4) is 0 Å². The van der Waals surface area contributed by atoms with E-state index in [0.717, 1.165) is 11.1 Å². The van der Waals surface area contributed by atoms with Gasteiger partial charge in [0.15, 0.2) is 0 Å². The Kier molecular flexibility index (Phi) is 4.96. The number of hydrogen-bond acceptors (Lipinski definition) is 3. The Bertz CT molecular complexity index is 865. The van der Waals surface area contributed by atoms with E-state index < -0.39 is 10.0 Å². The van der Waals surface area contributed by atoms with Crippen molar-refractivity contribution in [3.63, 3.8) is 0 Å². The van der Waals surface area contributed by atoms with E-state index in [1.807, 2.05) is 49.0 Å². The summed E-state index contributed by atoms with van der Waals surface area (Å²) in [5.74, 6) is -0.0438. The summed E-state index contributed by atoms with van der Waals surface area (Å²) in [6.45, 7) is 3.46. The molecule has 0 unspecified atom stereocenters. The standard InChI is InChI=1S/C18H23N3O3S/c1-15-4-3-5-16(12-15)14-25(23,24)21-10-8-20(9-11-21)18(22)17-6-7-19(2)13-17/h3-7,12-13H,8-11,14H2,1-2H3. The zero-order chi connectivity index (χ0) is 18.0. The number of hydrogen-bond donors (Lipinski definition) is 0. The average Bonchev–Trinajstić information content (AvgIpc) is 3.00. The van der Waals surface area contributed by atoms with E-state index in [0.29, 0.717) is 31.7 Å². The summed E-state index contributed by atoms with van der Waals surface area (Å²) in [7, 11) is -1.50. The third kappa shape index (κ3) is 4.11. The predicted octanol–water partition coefficient (Wildman–Crippen LogP) is 1.62. The van der Waals surface area contributed by atoms with E-state index in [4.69, 9.17) is 0 Å². The van der Waals surface area contributed by atoms with Crippen LogP contribution in [-0.2, 0) is 22.8 Å². The molecule has 1 fully saturated rings. The van der Waals surface area contributed by atoms with Gasteiger partial charge in [0.1, 0.15) is 0 Å². The monoisotopic (exact) mass is 361 g/mol. The number of rotatable bonds is 4. The molecule has 1 saturated heterocycles. The lowest BCUT2D eigenvalue weighted by Crippen LogP contribution is -2.50. The van der Waals surface area contributed by atoms with E-state index >= 15 is 0 Å². The highest BCUT2D eigenvalue weighted by Crippen LogP contribution is 2.16. The highest BCUT2D eigenvalue weighted by Gasteiger charge is 2.29. The number of amides is 1. The summed E-state index contributed by atoms with van der Waals surface area (Å²) >= 11 is 0. The van der Waals surface area contributed by atoms with Gasteiger partial charge in [-0.25, -0.2) is 8.42 Å². The van der Waals surface area contributed by atoms with Crippen molar-refractivity contribution in [1.82, 2.24) is 13.8 Å². The zero-order valence-electron chi connectivity index (χ0n) is 14.6. The maximum Gasteiger partial charge on any atom is 0.255 e. The Hall–Kier alpha value is -2.12. The number of benzene rings is 1. The second-order valence-corrected chi connectivity index (χ2v) is 8.47. The first-order valence-electron chi connectivity index (χ1n) is 8.30. The lowest BCUT2D eigenvalue weighted by Gasteiger charge is -2.34. The highest BCUT2D eigenvalue weighted by atomic mass is 32.2. The fourth-order valence-electron chi connectivity index (χ4n) is 3.09. The number of piperazine rings is 1.